The fourth-order valence-electron chi connectivity index (χ4n) is 1.89. The average Bonchev–Trinajstić information content (AvgIpc) is 2.36. The van der Waals surface area contributed by atoms with E-state index < -0.39 is 15.7 Å². The molecule has 0 radical (unpaired) electrons. The monoisotopic (exact) mass is 287 g/mol. The van der Waals surface area contributed by atoms with Crippen LogP contribution in [0.15, 0.2) is 23.1 Å². The molecule has 0 aliphatic carbocycles. The zero-order valence-corrected chi connectivity index (χ0v) is 12.2. The second-order valence-electron chi connectivity index (χ2n) is 4.77. The first-order chi connectivity index (χ1) is 8.97. The molecular formula is C14H22FNO2S. The van der Waals surface area contributed by atoms with Crippen LogP contribution >= 0.6 is 0 Å². The van der Waals surface area contributed by atoms with E-state index in [1.165, 1.54) is 25.0 Å². The Kier molecular flexibility index (Phi) is 6.28. The van der Waals surface area contributed by atoms with Crippen molar-refractivity contribution >= 4 is 15.5 Å². The number of hydrogen-bond acceptors (Lipinski definition) is 3. The normalized spacial score (nSPS) is 11.7. The lowest BCUT2D eigenvalue weighted by Crippen LogP contribution is -2.07. The highest BCUT2D eigenvalue weighted by molar-refractivity contribution is 7.91. The number of halogens is 1. The summed E-state index contributed by atoms with van der Waals surface area (Å²) in [5, 5.41) is 0. The molecule has 0 saturated carbocycles. The molecular weight excluding hydrogens is 265 g/mol. The molecule has 0 bridgehead atoms. The largest absolute Gasteiger partial charge is 0.396 e. The van der Waals surface area contributed by atoms with Crippen LogP contribution in [0, 0.1) is 5.82 Å². The SMILES string of the molecule is CCCCCCCCS(=O)(=O)c1ccc(N)c(F)c1. The van der Waals surface area contributed by atoms with Gasteiger partial charge in [-0.3, -0.25) is 0 Å². The van der Waals surface area contributed by atoms with Gasteiger partial charge in [0.05, 0.1) is 16.3 Å². The molecule has 1 rings (SSSR count). The van der Waals surface area contributed by atoms with Gasteiger partial charge in [0.15, 0.2) is 9.84 Å². The average molecular weight is 287 g/mol. The number of sulfone groups is 1. The minimum absolute atomic E-state index is 0.0211. The highest BCUT2D eigenvalue weighted by atomic mass is 32.2. The summed E-state index contributed by atoms with van der Waals surface area (Å²) >= 11 is 0. The van der Waals surface area contributed by atoms with E-state index in [0.29, 0.717) is 6.42 Å². The van der Waals surface area contributed by atoms with Crippen LogP contribution in [0.1, 0.15) is 45.4 Å². The molecule has 0 atom stereocenters. The van der Waals surface area contributed by atoms with Crippen LogP contribution in [-0.4, -0.2) is 14.2 Å². The van der Waals surface area contributed by atoms with Gasteiger partial charge >= 0.3 is 0 Å². The number of nitrogen functional groups attached to an aromatic ring is 1. The molecule has 0 aliphatic heterocycles. The van der Waals surface area contributed by atoms with E-state index in [1.54, 1.807) is 0 Å². The Bertz CT molecular complexity index is 500. The summed E-state index contributed by atoms with van der Waals surface area (Å²) in [6.45, 7) is 2.14. The molecule has 0 saturated heterocycles. The van der Waals surface area contributed by atoms with Crippen molar-refractivity contribution in [3.05, 3.63) is 24.0 Å². The highest BCUT2D eigenvalue weighted by Gasteiger charge is 2.15. The number of anilines is 1. The maximum Gasteiger partial charge on any atom is 0.178 e. The van der Waals surface area contributed by atoms with Crippen molar-refractivity contribution in [3.63, 3.8) is 0 Å². The summed E-state index contributed by atoms with van der Waals surface area (Å²) in [5.74, 6) is -0.605. The molecule has 108 valence electrons. The molecule has 0 aliphatic rings. The lowest BCUT2D eigenvalue weighted by Gasteiger charge is -2.05. The number of nitrogens with two attached hydrogens (primary N) is 1. The first-order valence-electron chi connectivity index (χ1n) is 6.75. The summed E-state index contributed by atoms with van der Waals surface area (Å²) in [7, 11) is -3.39. The quantitative estimate of drug-likeness (QED) is 0.587. The molecule has 0 amide bonds. The Balaban J connectivity index is 2.49. The second-order valence-corrected chi connectivity index (χ2v) is 6.88. The summed E-state index contributed by atoms with van der Waals surface area (Å²) < 4.78 is 37.2. The molecule has 2 N–H and O–H groups in total. The fraction of sp³-hybridized carbons (Fsp3) is 0.571. The van der Waals surface area contributed by atoms with Gasteiger partial charge in [-0.25, -0.2) is 12.8 Å². The van der Waals surface area contributed by atoms with E-state index in [9.17, 15) is 12.8 Å². The summed E-state index contributed by atoms with van der Waals surface area (Å²) in [6.07, 6.45) is 6.08. The van der Waals surface area contributed by atoms with Crippen molar-refractivity contribution in [3.8, 4) is 0 Å². The summed E-state index contributed by atoms with van der Waals surface area (Å²) in [6, 6.07) is 3.66. The third-order valence-corrected chi connectivity index (χ3v) is 4.90. The Morgan fingerprint density at radius 2 is 1.74 bits per heavy atom. The summed E-state index contributed by atoms with van der Waals surface area (Å²) in [5.41, 5.74) is 5.30. The van der Waals surface area contributed by atoms with Gasteiger partial charge in [-0.1, -0.05) is 39.0 Å². The van der Waals surface area contributed by atoms with Crippen LogP contribution in [0.3, 0.4) is 0 Å². The molecule has 0 heterocycles. The maximum absolute atomic E-state index is 13.2. The van der Waals surface area contributed by atoms with E-state index in [2.05, 4.69) is 6.92 Å². The Hall–Kier alpha value is -1.10. The van der Waals surface area contributed by atoms with Crippen molar-refractivity contribution in [2.45, 2.75) is 50.3 Å². The van der Waals surface area contributed by atoms with E-state index in [1.807, 2.05) is 0 Å². The van der Waals surface area contributed by atoms with Crippen LogP contribution in [0.2, 0.25) is 0 Å². The third kappa shape index (κ3) is 5.19. The van der Waals surface area contributed by atoms with Crippen molar-refractivity contribution in [1.82, 2.24) is 0 Å². The topological polar surface area (TPSA) is 60.2 Å². The minimum atomic E-state index is -3.39. The number of rotatable bonds is 8. The zero-order valence-electron chi connectivity index (χ0n) is 11.4. The standard InChI is InChI=1S/C14H22FNO2S/c1-2-3-4-5-6-7-10-19(17,18)12-8-9-14(16)13(15)11-12/h8-9,11H,2-7,10,16H2,1H3. The van der Waals surface area contributed by atoms with Crippen molar-refractivity contribution < 1.29 is 12.8 Å². The number of unbranched alkanes of at least 4 members (excludes halogenated alkanes) is 5. The van der Waals surface area contributed by atoms with E-state index in [0.717, 1.165) is 25.3 Å². The van der Waals surface area contributed by atoms with E-state index in [-0.39, 0.29) is 16.3 Å². The number of hydrogen-bond donors (Lipinski definition) is 1. The molecule has 0 fully saturated rings. The predicted octanol–water partition coefficient (Wildman–Crippen LogP) is 3.54. The van der Waals surface area contributed by atoms with Gasteiger partial charge < -0.3 is 5.73 Å². The molecule has 1 aromatic carbocycles. The van der Waals surface area contributed by atoms with Crippen LogP contribution in [0.25, 0.3) is 0 Å². The van der Waals surface area contributed by atoms with E-state index in [4.69, 9.17) is 5.73 Å². The minimum Gasteiger partial charge on any atom is -0.396 e. The van der Waals surface area contributed by atoms with E-state index >= 15 is 0 Å². The first kappa shape index (κ1) is 16.0. The van der Waals surface area contributed by atoms with Crippen LogP contribution in [0.4, 0.5) is 10.1 Å². The fourth-order valence-corrected chi connectivity index (χ4v) is 3.27. The summed E-state index contributed by atoms with van der Waals surface area (Å²) in [4.78, 5) is 0.0211. The van der Waals surface area contributed by atoms with Crippen LogP contribution in [-0.2, 0) is 9.84 Å². The molecule has 0 spiro atoms. The second kappa shape index (κ2) is 7.48. The smallest absolute Gasteiger partial charge is 0.178 e. The molecule has 1 aromatic rings. The molecule has 0 unspecified atom stereocenters. The van der Waals surface area contributed by atoms with Crippen molar-refractivity contribution in [2.75, 3.05) is 11.5 Å². The first-order valence-corrected chi connectivity index (χ1v) is 8.40. The Labute approximate surface area is 114 Å². The Morgan fingerprint density at radius 1 is 1.11 bits per heavy atom. The zero-order chi connectivity index (χ0) is 14.3. The maximum atomic E-state index is 13.2. The van der Waals surface area contributed by atoms with Gasteiger partial charge in [0.2, 0.25) is 0 Å². The van der Waals surface area contributed by atoms with Gasteiger partial charge in [0, 0.05) is 0 Å². The lowest BCUT2D eigenvalue weighted by atomic mass is 10.1. The van der Waals surface area contributed by atoms with Crippen molar-refractivity contribution in [1.29, 1.82) is 0 Å². The van der Waals surface area contributed by atoms with Crippen LogP contribution < -0.4 is 5.73 Å². The molecule has 3 nitrogen and oxygen atoms in total. The molecule has 19 heavy (non-hydrogen) atoms. The van der Waals surface area contributed by atoms with Gasteiger partial charge in [0.25, 0.3) is 0 Å². The molecule has 5 heteroatoms. The Morgan fingerprint density at radius 3 is 2.37 bits per heavy atom. The van der Waals surface area contributed by atoms with Gasteiger partial charge in [-0.2, -0.15) is 0 Å². The highest BCUT2D eigenvalue weighted by Crippen LogP contribution is 2.18. The van der Waals surface area contributed by atoms with Crippen LogP contribution in [0.5, 0.6) is 0 Å². The van der Waals surface area contributed by atoms with Gasteiger partial charge in [-0.05, 0) is 24.6 Å². The molecule has 0 aromatic heterocycles. The predicted molar refractivity (Wildman–Crippen MR) is 76.2 cm³/mol. The van der Waals surface area contributed by atoms with Crippen molar-refractivity contribution in [2.24, 2.45) is 0 Å². The lowest BCUT2D eigenvalue weighted by molar-refractivity contribution is 0.580. The third-order valence-electron chi connectivity index (χ3n) is 3.10. The number of benzene rings is 1. The van der Waals surface area contributed by atoms with Gasteiger partial charge in [-0.15, -0.1) is 0 Å². The van der Waals surface area contributed by atoms with Gasteiger partial charge in [0.1, 0.15) is 5.82 Å².